The predicted octanol–water partition coefficient (Wildman–Crippen LogP) is 1.36. The summed E-state index contributed by atoms with van der Waals surface area (Å²) in [7, 11) is 0. The van der Waals surface area contributed by atoms with Crippen LogP contribution in [0.4, 0.5) is 5.69 Å². The summed E-state index contributed by atoms with van der Waals surface area (Å²) in [6.45, 7) is 2.68. The van der Waals surface area contributed by atoms with Crippen LogP contribution in [-0.4, -0.2) is 41.9 Å². The highest BCUT2D eigenvalue weighted by molar-refractivity contribution is 6.00. The van der Waals surface area contributed by atoms with E-state index in [4.69, 9.17) is 10.5 Å². The quantitative estimate of drug-likeness (QED) is 0.864. The first-order valence-corrected chi connectivity index (χ1v) is 7.69. The second kappa shape index (κ2) is 5.96. The molecule has 2 aliphatic heterocycles. The van der Waals surface area contributed by atoms with Gasteiger partial charge in [-0.2, -0.15) is 0 Å². The number of likely N-dealkylation sites (tertiary alicyclic amines) is 1. The van der Waals surface area contributed by atoms with Crippen molar-refractivity contribution < 1.29 is 14.3 Å². The molecule has 2 unspecified atom stereocenters. The van der Waals surface area contributed by atoms with Gasteiger partial charge in [0.2, 0.25) is 0 Å². The number of nitrogens with two attached hydrogens (primary N) is 1. The fourth-order valence-corrected chi connectivity index (χ4v) is 3.14. The highest BCUT2D eigenvalue weighted by Gasteiger charge is 2.30. The second-order valence-electron chi connectivity index (χ2n) is 5.97. The summed E-state index contributed by atoms with van der Waals surface area (Å²) >= 11 is 0. The molecule has 6 nitrogen and oxygen atoms in total. The first kappa shape index (κ1) is 14.8. The van der Waals surface area contributed by atoms with E-state index in [0.29, 0.717) is 17.0 Å². The van der Waals surface area contributed by atoms with Crippen LogP contribution < -0.4 is 15.8 Å². The van der Waals surface area contributed by atoms with Gasteiger partial charge >= 0.3 is 0 Å². The fourth-order valence-electron chi connectivity index (χ4n) is 3.14. The van der Waals surface area contributed by atoms with E-state index >= 15 is 0 Å². The van der Waals surface area contributed by atoms with Gasteiger partial charge in [0.25, 0.3) is 11.8 Å². The number of nitrogens with one attached hydrogen (secondary N) is 1. The molecule has 0 aliphatic carbocycles. The number of hydrogen-bond acceptors (Lipinski definition) is 4. The molecule has 0 aromatic heterocycles. The van der Waals surface area contributed by atoms with E-state index in [1.54, 1.807) is 18.2 Å². The Balaban J connectivity index is 1.85. The lowest BCUT2D eigenvalue weighted by molar-refractivity contribution is -0.118. The van der Waals surface area contributed by atoms with Gasteiger partial charge < -0.3 is 20.7 Å². The number of fused-ring (bicyclic) bond motifs is 1. The minimum absolute atomic E-state index is 0.0131. The van der Waals surface area contributed by atoms with Crippen LogP contribution in [0.2, 0.25) is 0 Å². The summed E-state index contributed by atoms with van der Waals surface area (Å²) in [6, 6.07) is 5.17. The second-order valence-corrected chi connectivity index (χ2v) is 5.97. The summed E-state index contributed by atoms with van der Waals surface area (Å²) in [4.78, 5) is 26.1. The lowest BCUT2D eigenvalue weighted by Gasteiger charge is -2.38. The number of benzene rings is 1. The van der Waals surface area contributed by atoms with Gasteiger partial charge in [-0.05, 0) is 44.4 Å². The lowest BCUT2D eigenvalue weighted by Crippen LogP contribution is -2.51. The molecule has 1 aromatic rings. The molecule has 2 amide bonds. The van der Waals surface area contributed by atoms with Crippen LogP contribution in [0, 0.1) is 0 Å². The lowest BCUT2D eigenvalue weighted by atomic mass is 9.96. The molecule has 0 bridgehead atoms. The van der Waals surface area contributed by atoms with E-state index in [1.807, 2.05) is 11.8 Å². The molecule has 3 N–H and O–H groups in total. The number of nitrogens with zero attached hydrogens (tertiary/aromatic N) is 1. The topological polar surface area (TPSA) is 84.7 Å². The van der Waals surface area contributed by atoms with Crippen LogP contribution >= 0.6 is 0 Å². The van der Waals surface area contributed by atoms with Crippen LogP contribution in [0.5, 0.6) is 5.75 Å². The number of carbonyl (C=O) groups is 2. The molecule has 22 heavy (non-hydrogen) atoms. The highest BCUT2D eigenvalue weighted by Crippen LogP contribution is 2.30. The van der Waals surface area contributed by atoms with Gasteiger partial charge in [0, 0.05) is 24.2 Å². The molecule has 0 saturated carbocycles. The zero-order valence-electron chi connectivity index (χ0n) is 12.7. The van der Waals surface area contributed by atoms with Crippen molar-refractivity contribution in [3.63, 3.8) is 0 Å². The summed E-state index contributed by atoms with van der Waals surface area (Å²) in [5.41, 5.74) is 7.14. The minimum atomic E-state index is -0.205. The zero-order chi connectivity index (χ0) is 15.7. The Bertz CT molecular complexity index is 600. The molecule has 1 aromatic carbocycles. The van der Waals surface area contributed by atoms with Crippen LogP contribution in [0.3, 0.4) is 0 Å². The van der Waals surface area contributed by atoms with E-state index in [1.165, 1.54) is 0 Å². The summed E-state index contributed by atoms with van der Waals surface area (Å²) in [5, 5.41) is 2.73. The van der Waals surface area contributed by atoms with Crippen LogP contribution in [0.1, 0.15) is 36.5 Å². The molecule has 2 atom stereocenters. The standard InChI is InChI=1S/C16H21N3O3/c1-10(17)13-4-2-3-7-19(13)16(21)11-5-6-14-12(8-11)18-15(20)9-22-14/h5-6,8,10,13H,2-4,7,9,17H2,1H3,(H,18,20). The monoisotopic (exact) mass is 303 g/mol. The number of anilines is 1. The van der Waals surface area contributed by atoms with E-state index < -0.39 is 0 Å². The molecule has 1 fully saturated rings. The fraction of sp³-hybridized carbons (Fsp3) is 0.500. The molecule has 6 heteroatoms. The van der Waals surface area contributed by atoms with E-state index in [2.05, 4.69) is 5.32 Å². The van der Waals surface area contributed by atoms with Gasteiger partial charge in [-0.15, -0.1) is 0 Å². The molecule has 118 valence electrons. The van der Waals surface area contributed by atoms with Crippen molar-refractivity contribution in [2.45, 2.75) is 38.3 Å². The Morgan fingerprint density at radius 1 is 1.45 bits per heavy atom. The van der Waals surface area contributed by atoms with Crippen LogP contribution in [-0.2, 0) is 4.79 Å². The van der Waals surface area contributed by atoms with Gasteiger partial charge in [-0.1, -0.05) is 0 Å². The summed E-state index contributed by atoms with van der Waals surface area (Å²) in [5.74, 6) is 0.353. The Morgan fingerprint density at radius 3 is 3.05 bits per heavy atom. The maximum absolute atomic E-state index is 12.8. The molecule has 0 spiro atoms. The molecule has 2 heterocycles. The molecular formula is C16H21N3O3. The first-order chi connectivity index (χ1) is 10.6. The van der Waals surface area contributed by atoms with Crippen LogP contribution in [0.25, 0.3) is 0 Å². The predicted molar refractivity (Wildman–Crippen MR) is 82.9 cm³/mol. The van der Waals surface area contributed by atoms with Crippen LogP contribution in [0.15, 0.2) is 18.2 Å². The van der Waals surface area contributed by atoms with E-state index in [9.17, 15) is 9.59 Å². The number of rotatable bonds is 2. The Kier molecular flexibility index (Phi) is 4.02. The largest absolute Gasteiger partial charge is 0.482 e. The number of hydrogen-bond donors (Lipinski definition) is 2. The minimum Gasteiger partial charge on any atom is -0.482 e. The van der Waals surface area contributed by atoms with Crippen molar-refractivity contribution in [1.29, 1.82) is 0 Å². The zero-order valence-corrected chi connectivity index (χ0v) is 12.7. The third-order valence-corrected chi connectivity index (χ3v) is 4.28. The highest BCUT2D eigenvalue weighted by atomic mass is 16.5. The molecule has 2 aliphatic rings. The van der Waals surface area contributed by atoms with Gasteiger partial charge in [-0.3, -0.25) is 9.59 Å². The van der Waals surface area contributed by atoms with Gasteiger partial charge in [0.05, 0.1) is 5.69 Å². The summed E-state index contributed by atoms with van der Waals surface area (Å²) < 4.78 is 5.32. The van der Waals surface area contributed by atoms with Crippen molar-refractivity contribution in [3.8, 4) is 5.75 Å². The van der Waals surface area contributed by atoms with Crippen molar-refractivity contribution in [3.05, 3.63) is 23.8 Å². The van der Waals surface area contributed by atoms with Crippen molar-refractivity contribution in [2.75, 3.05) is 18.5 Å². The average molecular weight is 303 g/mol. The molecule has 0 radical (unpaired) electrons. The Morgan fingerprint density at radius 2 is 2.27 bits per heavy atom. The van der Waals surface area contributed by atoms with E-state index in [0.717, 1.165) is 25.8 Å². The Labute approximate surface area is 129 Å². The van der Waals surface area contributed by atoms with Gasteiger partial charge in [0.15, 0.2) is 6.61 Å². The maximum atomic E-state index is 12.8. The normalized spacial score (nSPS) is 22.4. The van der Waals surface area contributed by atoms with E-state index in [-0.39, 0.29) is 30.5 Å². The van der Waals surface area contributed by atoms with Gasteiger partial charge in [-0.25, -0.2) is 0 Å². The van der Waals surface area contributed by atoms with Crippen molar-refractivity contribution in [2.24, 2.45) is 5.73 Å². The smallest absolute Gasteiger partial charge is 0.262 e. The van der Waals surface area contributed by atoms with Gasteiger partial charge in [0.1, 0.15) is 5.75 Å². The Hall–Kier alpha value is -2.08. The molecule has 3 rings (SSSR count). The first-order valence-electron chi connectivity index (χ1n) is 7.69. The van der Waals surface area contributed by atoms with Crippen molar-refractivity contribution in [1.82, 2.24) is 4.90 Å². The molecule has 1 saturated heterocycles. The number of ether oxygens (including phenoxy) is 1. The number of amides is 2. The molecular weight excluding hydrogens is 282 g/mol. The third-order valence-electron chi connectivity index (χ3n) is 4.28. The number of piperidine rings is 1. The average Bonchev–Trinajstić information content (AvgIpc) is 2.53. The van der Waals surface area contributed by atoms with Crippen molar-refractivity contribution >= 4 is 17.5 Å². The summed E-state index contributed by atoms with van der Waals surface area (Å²) in [6.07, 6.45) is 3.04. The maximum Gasteiger partial charge on any atom is 0.262 e. The number of carbonyl (C=O) groups excluding carboxylic acids is 2. The third kappa shape index (κ3) is 2.78. The SMILES string of the molecule is CC(N)C1CCCCN1C(=O)c1ccc2c(c1)NC(=O)CO2.